The molecule has 0 amide bonds. The van der Waals surface area contributed by atoms with Crippen molar-refractivity contribution in [1.82, 2.24) is 4.90 Å². The number of esters is 1. The van der Waals surface area contributed by atoms with E-state index in [4.69, 9.17) is 20.7 Å². The summed E-state index contributed by atoms with van der Waals surface area (Å²) in [7, 11) is 3.64. The van der Waals surface area contributed by atoms with Crippen LogP contribution in [0.25, 0.3) is 0 Å². The molecule has 0 saturated carbocycles. The Hall–Kier alpha value is -2.07. The van der Waals surface area contributed by atoms with Crippen molar-refractivity contribution in [1.29, 1.82) is 0 Å². The fourth-order valence-corrected chi connectivity index (χ4v) is 1.59. The van der Waals surface area contributed by atoms with Gasteiger partial charge in [0.05, 0.1) is 33.9 Å². The average molecular weight is 282 g/mol. The lowest BCUT2D eigenvalue weighted by Gasteiger charge is -2.21. The molecule has 110 valence electrons. The van der Waals surface area contributed by atoms with Crippen LogP contribution in [0.15, 0.2) is 5.16 Å². The van der Waals surface area contributed by atoms with Gasteiger partial charge < -0.3 is 9.47 Å². The monoisotopic (exact) mass is 282 g/mol. The van der Waals surface area contributed by atoms with Crippen LogP contribution >= 0.6 is 0 Å². The maximum absolute atomic E-state index is 11.5. The van der Waals surface area contributed by atoms with E-state index in [9.17, 15) is 4.79 Å². The van der Waals surface area contributed by atoms with E-state index in [0.29, 0.717) is 32.3 Å². The standard InChI is InChI=1S/C13H20N3O4/c1-5-11(12(17)19-6-2)14-20-13(15(3)4)16-7-9-18-10-8-16/h1H,6-10H2,2-4H3/q+1/b14-11+. The van der Waals surface area contributed by atoms with E-state index >= 15 is 0 Å². The van der Waals surface area contributed by atoms with Gasteiger partial charge in [-0.2, -0.15) is 0 Å². The summed E-state index contributed by atoms with van der Waals surface area (Å²) in [6.07, 6.45) is 5.23. The summed E-state index contributed by atoms with van der Waals surface area (Å²) in [6, 6.07) is 0.505. The molecule has 0 radical (unpaired) electrons. The van der Waals surface area contributed by atoms with E-state index in [1.807, 2.05) is 19.0 Å². The van der Waals surface area contributed by atoms with Crippen LogP contribution in [0, 0.1) is 12.3 Å². The molecule has 1 saturated heterocycles. The number of morpholine rings is 1. The minimum Gasteiger partial charge on any atom is -0.461 e. The molecule has 0 bridgehead atoms. The van der Waals surface area contributed by atoms with Crippen molar-refractivity contribution in [2.75, 3.05) is 47.0 Å². The molecule has 20 heavy (non-hydrogen) atoms. The van der Waals surface area contributed by atoms with E-state index in [1.165, 1.54) is 0 Å². The number of oxime groups is 1. The lowest BCUT2D eigenvalue weighted by Crippen LogP contribution is -2.44. The second-order valence-corrected chi connectivity index (χ2v) is 4.17. The molecule has 0 atom stereocenters. The van der Waals surface area contributed by atoms with Crippen LogP contribution in [-0.4, -0.2) is 74.2 Å². The van der Waals surface area contributed by atoms with E-state index < -0.39 is 5.97 Å². The van der Waals surface area contributed by atoms with Crippen LogP contribution in [-0.2, 0) is 19.1 Å². The Kier molecular flexibility index (Phi) is 6.53. The third-order valence-electron chi connectivity index (χ3n) is 2.49. The van der Waals surface area contributed by atoms with Crippen LogP contribution in [0.5, 0.6) is 0 Å². The Labute approximate surface area is 118 Å². The average Bonchev–Trinajstić information content (AvgIpc) is 2.44. The second kappa shape index (κ2) is 8.17. The van der Waals surface area contributed by atoms with Gasteiger partial charge in [-0.05, 0) is 12.8 Å². The predicted molar refractivity (Wildman–Crippen MR) is 73.5 cm³/mol. The van der Waals surface area contributed by atoms with E-state index in [-0.39, 0.29) is 12.3 Å². The van der Waals surface area contributed by atoms with Gasteiger partial charge in [-0.1, -0.05) is 5.16 Å². The van der Waals surface area contributed by atoms with Crippen molar-refractivity contribution < 1.29 is 23.7 Å². The first-order valence-corrected chi connectivity index (χ1v) is 6.35. The van der Waals surface area contributed by atoms with Crippen molar-refractivity contribution in [3.05, 3.63) is 0 Å². The van der Waals surface area contributed by atoms with Gasteiger partial charge in [0.1, 0.15) is 13.1 Å². The zero-order chi connectivity index (χ0) is 15.0. The lowest BCUT2D eigenvalue weighted by atomic mass is 10.4. The fraction of sp³-hybridized carbons (Fsp3) is 0.615. The lowest BCUT2D eigenvalue weighted by molar-refractivity contribution is -0.481. The topological polar surface area (TPSA) is 63.4 Å². The van der Waals surface area contributed by atoms with Crippen LogP contribution < -0.4 is 0 Å². The summed E-state index contributed by atoms with van der Waals surface area (Å²) < 4.78 is 11.8. The highest BCUT2D eigenvalue weighted by atomic mass is 16.7. The minimum atomic E-state index is -0.671. The number of hydrogen-bond donors (Lipinski definition) is 0. The van der Waals surface area contributed by atoms with Crippen molar-refractivity contribution >= 4 is 17.7 Å². The Morgan fingerprint density at radius 1 is 1.45 bits per heavy atom. The molecule has 0 N–H and O–H groups in total. The summed E-state index contributed by atoms with van der Waals surface area (Å²) >= 11 is 0. The summed E-state index contributed by atoms with van der Waals surface area (Å²) in [5.41, 5.74) is -0.195. The molecule has 1 aliphatic rings. The highest BCUT2D eigenvalue weighted by Gasteiger charge is 2.26. The summed E-state index contributed by atoms with van der Waals surface area (Å²) in [5.74, 6) is 1.49. The summed E-state index contributed by atoms with van der Waals surface area (Å²) in [4.78, 5) is 18.8. The molecule has 7 heteroatoms. The SMILES string of the molecule is C#C/C(=N\OC(N1CCOCC1)=[N+](C)C)C(=O)OCC. The van der Waals surface area contributed by atoms with Gasteiger partial charge in [-0.25, -0.2) is 14.3 Å². The third-order valence-corrected chi connectivity index (χ3v) is 2.49. The van der Waals surface area contributed by atoms with Crippen molar-refractivity contribution in [3.63, 3.8) is 0 Å². The first-order valence-electron chi connectivity index (χ1n) is 6.35. The van der Waals surface area contributed by atoms with E-state index in [1.54, 1.807) is 11.5 Å². The molecule has 1 fully saturated rings. The van der Waals surface area contributed by atoms with Crippen molar-refractivity contribution in [2.45, 2.75) is 6.92 Å². The van der Waals surface area contributed by atoms with E-state index in [2.05, 4.69) is 11.1 Å². The maximum Gasteiger partial charge on any atom is 0.472 e. The van der Waals surface area contributed by atoms with Gasteiger partial charge in [0.2, 0.25) is 5.71 Å². The zero-order valence-corrected chi connectivity index (χ0v) is 12.1. The Morgan fingerprint density at radius 2 is 2.10 bits per heavy atom. The quantitative estimate of drug-likeness (QED) is 0.175. The minimum absolute atomic E-state index is 0.195. The normalized spacial score (nSPS) is 15.3. The maximum atomic E-state index is 11.5. The molecular formula is C13H20N3O4+. The number of hydrogen-bond acceptors (Lipinski definition) is 5. The number of ether oxygens (including phenoxy) is 2. The molecule has 0 aliphatic carbocycles. The zero-order valence-electron chi connectivity index (χ0n) is 12.1. The van der Waals surface area contributed by atoms with Crippen molar-refractivity contribution in [3.8, 4) is 12.3 Å². The highest BCUT2D eigenvalue weighted by molar-refractivity contribution is 6.43. The number of carbonyl (C=O) groups excluding carboxylic acids is 1. The van der Waals surface area contributed by atoms with Gasteiger partial charge >= 0.3 is 12.0 Å². The van der Waals surface area contributed by atoms with Gasteiger partial charge in [-0.15, -0.1) is 6.42 Å². The summed E-state index contributed by atoms with van der Waals surface area (Å²) in [6.45, 7) is 4.53. The Morgan fingerprint density at radius 3 is 2.60 bits per heavy atom. The largest absolute Gasteiger partial charge is 0.472 e. The van der Waals surface area contributed by atoms with Crippen LogP contribution in [0.3, 0.4) is 0 Å². The molecular weight excluding hydrogens is 262 g/mol. The van der Waals surface area contributed by atoms with Crippen molar-refractivity contribution in [2.24, 2.45) is 5.16 Å². The molecule has 0 aromatic heterocycles. The highest BCUT2D eigenvalue weighted by Crippen LogP contribution is 2.01. The second-order valence-electron chi connectivity index (χ2n) is 4.17. The number of nitrogens with zero attached hydrogens (tertiary/aromatic N) is 3. The third kappa shape index (κ3) is 4.55. The van der Waals surface area contributed by atoms with Crippen LogP contribution in [0.2, 0.25) is 0 Å². The summed E-state index contributed by atoms with van der Waals surface area (Å²) in [5, 5.41) is 3.70. The Balaban J connectivity index is 2.78. The molecule has 1 rings (SSSR count). The molecule has 0 aromatic carbocycles. The smallest absolute Gasteiger partial charge is 0.461 e. The Bertz CT molecular complexity index is 441. The van der Waals surface area contributed by atoms with Gasteiger partial charge in [0.15, 0.2) is 0 Å². The number of terminal acetylenes is 1. The van der Waals surface area contributed by atoms with Crippen LogP contribution in [0.4, 0.5) is 0 Å². The molecule has 0 unspecified atom stereocenters. The number of rotatable bonds is 3. The predicted octanol–water partition coefficient (Wildman–Crippen LogP) is -0.484. The van der Waals surface area contributed by atoms with E-state index in [0.717, 1.165) is 0 Å². The van der Waals surface area contributed by atoms with Gasteiger partial charge in [0, 0.05) is 0 Å². The van der Waals surface area contributed by atoms with Gasteiger partial charge in [-0.3, -0.25) is 4.84 Å². The molecule has 0 aromatic rings. The molecule has 1 heterocycles. The molecule has 7 nitrogen and oxygen atoms in total. The molecule has 0 spiro atoms. The fourth-order valence-electron chi connectivity index (χ4n) is 1.59. The number of carbonyl (C=O) groups is 1. The van der Waals surface area contributed by atoms with Gasteiger partial charge in [0.25, 0.3) is 0 Å². The van der Waals surface area contributed by atoms with Crippen LogP contribution in [0.1, 0.15) is 6.92 Å². The molecule has 1 aliphatic heterocycles. The first-order chi connectivity index (χ1) is 9.60. The number of amidine groups is 1. The first kappa shape index (κ1) is 16.0.